The first-order valence-electron chi connectivity index (χ1n) is 11.0. The standard InChI is InChI=1S/C24H25FN4O3/c1-24(23(31)26-17-6-3-2-4-7-17)15-28-20(14-19(27-28)21-8-5-13-32-21)22(30)29(24)18-11-9-16(25)10-12-18/h5,8-14,17H,2-4,6-7,15H2,1H3,(H,26,31)/t24-/m0/s1. The van der Waals surface area contributed by atoms with Gasteiger partial charge in [0.05, 0.1) is 12.8 Å². The average molecular weight is 436 g/mol. The van der Waals surface area contributed by atoms with E-state index in [4.69, 9.17) is 4.42 Å². The minimum absolute atomic E-state index is 0.0935. The molecule has 2 aliphatic rings. The summed E-state index contributed by atoms with van der Waals surface area (Å²) in [5.74, 6) is -0.463. The first-order chi connectivity index (χ1) is 15.5. The zero-order valence-corrected chi connectivity index (χ0v) is 17.9. The Morgan fingerprint density at radius 1 is 1.19 bits per heavy atom. The van der Waals surface area contributed by atoms with Crippen LogP contribution in [0, 0.1) is 5.82 Å². The van der Waals surface area contributed by atoms with Gasteiger partial charge in [-0.15, -0.1) is 0 Å². The lowest BCUT2D eigenvalue weighted by Gasteiger charge is -2.44. The van der Waals surface area contributed by atoms with E-state index in [1.54, 1.807) is 36.1 Å². The first kappa shape index (κ1) is 20.5. The van der Waals surface area contributed by atoms with Crippen molar-refractivity contribution in [2.45, 2.75) is 57.2 Å². The van der Waals surface area contributed by atoms with Gasteiger partial charge in [0, 0.05) is 17.8 Å². The van der Waals surface area contributed by atoms with Gasteiger partial charge in [0.1, 0.15) is 22.7 Å². The van der Waals surface area contributed by atoms with Gasteiger partial charge in [0.25, 0.3) is 5.91 Å². The maximum Gasteiger partial charge on any atom is 0.277 e. The molecule has 8 heteroatoms. The number of furan rings is 1. The number of halogens is 1. The molecule has 1 aliphatic carbocycles. The van der Waals surface area contributed by atoms with Crippen LogP contribution in [0.25, 0.3) is 11.5 Å². The second kappa shape index (κ2) is 7.93. The van der Waals surface area contributed by atoms with Crippen LogP contribution in [-0.4, -0.2) is 33.2 Å². The molecule has 1 N–H and O–H groups in total. The summed E-state index contributed by atoms with van der Waals surface area (Å²) in [6, 6.07) is 10.9. The summed E-state index contributed by atoms with van der Waals surface area (Å²) >= 11 is 0. The third kappa shape index (κ3) is 3.49. The Labute approximate surface area is 185 Å². The Hall–Kier alpha value is -3.42. The molecule has 2 aromatic heterocycles. The van der Waals surface area contributed by atoms with E-state index < -0.39 is 11.4 Å². The Balaban J connectivity index is 1.55. The van der Waals surface area contributed by atoms with Gasteiger partial charge in [-0.05, 0) is 56.2 Å². The van der Waals surface area contributed by atoms with Gasteiger partial charge in [-0.2, -0.15) is 5.10 Å². The highest BCUT2D eigenvalue weighted by atomic mass is 19.1. The average Bonchev–Trinajstić information content (AvgIpc) is 3.46. The molecule has 7 nitrogen and oxygen atoms in total. The Morgan fingerprint density at radius 2 is 1.94 bits per heavy atom. The van der Waals surface area contributed by atoms with Gasteiger partial charge < -0.3 is 9.73 Å². The monoisotopic (exact) mass is 436 g/mol. The van der Waals surface area contributed by atoms with Crippen molar-refractivity contribution in [1.29, 1.82) is 0 Å². The second-order valence-electron chi connectivity index (χ2n) is 8.75. The topological polar surface area (TPSA) is 80.4 Å². The van der Waals surface area contributed by atoms with Crippen molar-refractivity contribution in [3.63, 3.8) is 0 Å². The molecule has 5 rings (SSSR count). The lowest BCUT2D eigenvalue weighted by atomic mass is 9.91. The molecule has 0 radical (unpaired) electrons. The first-order valence-corrected chi connectivity index (χ1v) is 11.0. The van der Waals surface area contributed by atoms with Gasteiger partial charge in [-0.1, -0.05) is 19.3 Å². The van der Waals surface area contributed by atoms with Crippen LogP contribution < -0.4 is 10.2 Å². The van der Waals surface area contributed by atoms with E-state index in [-0.39, 0.29) is 24.4 Å². The number of nitrogens with one attached hydrogen (secondary N) is 1. The van der Waals surface area contributed by atoms with Crippen molar-refractivity contribution in [3.05, 3.63) is 60.2 Å². The lowest BCUT2D eigenvalue weighted by Crippen LogP contribution is -2.65. The SMILES string of the molecule is C[C@@]1(C(=O)NC2CCCCC2)Cn2nc(-c3ccco3)cc2C(=O)N1c1ccc(F)cc1. The maximum atomic E-state index is 13.7. The van der Waals surface area contributed by atoms with E-state index in [0.29, 0.717) is 22.8 Å². The predicted octanol–water partition coefficient (Wildman–Crippen LogP) is 4.15. The van der Waals surface area contributed by atoms with Crippen molar-refractivity contribution in [3.8, 4) is 11.5 Å². The highest BCUT2D eigenvalue weighted by Crippen LogP contribution is 2.34. The van der Waals surface area contributed by atoms with Crippen LogP contribution in [-0.2, 0) is 11.3 Å². The van der Waals surface area contributed by atoms with Gasteiger partial charge in [0.15, 0.2) is 5.76 Å². The van der Waals surface area contributed by atoms with Crippen LogP contribution in [0.5, 0.6) is 0 Å². The molecular formula is C24H25FN4O3. The number of fused-ring (bicyclic) bond motifs is 1. The number of benzene rings is 1. The zero-order valence-electron chi connectivity index (χ0n) is 17.9. The highest BCUT2D eigenvalue weighted by Gasteiger charge is 2.49. The third-order valence-corrected chi connectivity index (χ3v) is 6.44. The van der Waals surface area contributed by atoms with Gasteiger partial charge in [-0.3, -0.25) is 19.2 Å². The summed E-state index contributed by atoms with van der Waals surface area (Å²) < 4.78 is 20.6. The lowest BCUT2D eigenvalue weighted by molar-refractivity contribution is -0.127. The molecule has 2 amide bonds. The number of carbonyl (C=O) groups is 2. The number of nitrogens with zero attached hydrogens (tertiary/aromatic N) is 3. The van der Waals surface area contributed by atoms with Crippen molar-refractivity contribution in [2.24, 2.45) is 0 Å². The summed E-state index contributed by atoms with van der Waals surface area (Å²) in [7, 11) is 0. The minimum atomic E-state index is -1.23. The van der Waals surface area contributed by atoms with Crippen LogP contribution in [0.1, 0.15) is 49.5 Å². The van der Waals surface area contributed by atoms with Gasteiger partial charge in [0.2, 0.25) is 5.91 Å². The highest BCUT2D eigenvalue weighted by molar-refractivity contribution is 6.12. The van der Waals surface area contributed by atoms with Crippen LogP contribution in [0.2, 0.25) is 0 Å². The summed E-state index contributed by atoms with van der Waals surface area (Å²) in [5.41, 5.74) is 0.105. The van der Waals surface area contributed by atoms with E-state index in [0.717, 1.165) is 25.7 Å². The molecule has 166 valence electrons. The number of amides is 2. The Kier molecular flexibility index (Phi) is 5.07. The van der Waals surface area contributed by atoms with E-state index in [2.05, 4.69) is 10.4 Å². The molecule has 1 atom stereocenters. The van der Waals surface area contributed by atoms with Crippen LogP contribution >= 0.6 is 0 Å². The fourth-order valence-corrected chi connectivity index (χ4v) is 4.71. The molecule has 1 aromatic carbocycles. The molecule has 1 saturated carbocycles. The summed E-state index contributed by atoms with van der Waals surface area (Å²) in [5, 5.41) is 7.71. The number of anilines is 1. The molecule has 3 heterocycles. The number of rotatable bonds is 4. The number of hydrogen-bond acceptors (Lipinski definition) is 4. The summed E-state index contributed by atoms with van der Waals surface area (Å²) in [4.78, 5) is 28.7. The molecule has 1 fully saturated rings. The Bertz CT molecular complexity index is 1130. The summed E-state index contributed by atoms with van der Waals surface area (Å²) in [6.45, 7) is 1.91. The smallest absolute Gasteiger partial charge is 0.277 e. The second-order valence-corrected chi connectivity index (χ2v) is 8.75. The van der Waals surface area contributed by atoms with Crippen molar-refractivity contribution in [1.82, 2.24) is 15.1 Å². The molecule has 0 saturated heterocycles. The van der Waals surface area contributed by atoms with Crippen molar-refractivity contribution >= 4 is 17.5 Å². The number of hydrogen-bond donors (Lipinski definition) is 1. The molecule has 3 aromatic rings. The quantitative estimate of drug-likeness (QED) is 0.666. The fraction of sp³-hybridized carbons (Fsp3) is 0.375. The molecule has 1 aliphatic heterocycles. The fourth-order valence-electron chi connectivity index (χ4n) is 4.71. The third-order valence-electron chi connectivity index (χ3n) is 6.44. The van der Waals surface area contributed by atoms with E-state index in [1.165, 1.54) is 35.6 Å². The summed E-state index contributed by atoms with van der Waals surface area (Å²) in [6.07, 6.45) is 6.75. The molecule has 0 unspecified atom stereocenters. The van der Waals surface area contributed by atoms with Gasteiger partial charge in [-0.25, -0.2) is 4.39 Å². The van der Waals surface area contributed by atoms with Crippen LogP contribution in [0.4, 0.5) is 10.1 Å². The number of aromatic nitrogens is 2. The van der Waals surface area contributed by atoms with Crippen LogP contribution in [0.15, 0.2) is 53.1 Å². The predicted molar refractivity (Wildman–Crippen MR) is 117 cm³/mol. The maximum absolute atomic E-state index is 13.7. The van der Waals surface area contributed by atoms with E-state index >= 15 is 0 Å². The minimum Gasteiger partial charge on any atom is -0.463 e. The van der Waals surface area contributed by atoms with E-state index in [9.17, 15) is 14.0 Å². The van der Waals surface area contributed by atoms with Crippen molar-refractivity contribution in [2.75, 3.05) is 4.90 Å². The van der Waals surface area contributed by atoms with Crippen LogP contribution in [0.3, 0.4) is 0 Å². The molecule has 0 spiro atoms. The number of carbonyl (C=O) groups excluding carboxylic acids is 2. The zero-order chi connectivity index (χ0) is 22.3. The molecular weight excluding hydrogens is 411 g/mol. The Morgan fingerprint density at radius 3 is 2.62 bits per heavy atom. The largest absolute Gasteiger partial charge is 0.463 e. The van der Waals surface area contributed by atoms with Crippen molar-refractivity contribution < 1.29 is 18.4 Å². The van der Waals surface area contributed by atoms with Gasteiger partial charge >= 0.3 is 0 Å². The van der Waals surface area contributed by atoms with E-state index in [1.807, 2.05) is 0 Å². The molecule has 0 bridgehead atoms. The normalized spacial score (nSPS) is 21.4. The molecule has 32 heavy (non-hydrogen) atoms.